The van der Waals surface area contributed by atoms with Gasteiger partial charge in [-0.25, -0.2) is 9.78 Å². The normalized spacial score (nSPS) is 14.1. The number of hydrogen-bond acceptors (Lipinski definition) is 7. The second kappa shape index (κ2) is 9.11. The molecule has 7 nitrogen and oxygen atoms in total. The zero-order chi connectivity index (χ0) is 20.1. The topological polar surface area (TPSA) is 81.9 Å². The van der Waals surface area contributed by atoms with Gasteiger partial charge in [0.25, 0.3) is 11.1 Å². The maximum atomic E-state index is 12.5. The van der Waals surface area contributed by atoms with Crippen LogP contribution in [0.15, 0.2) is 58.2 Å². The molecular weight excluding hydrogens is 392 g/mol. The maximum Gasteiger partial charge on any atom is 0.338 e. The molecule has 1 saturated heterocycles. The summed E-state index contributed by atoms with van der Waals surface area (Å²) in [5.74, 6) is -0.226. The molecule has 2 heterocycles. The predicted molar refractivity (Wildman–Crippen MR) is 108 cm³/mol. The molecule has 0 N–H and O–H groups in total. The van der Waals surface area contributed by atoms with Crippen molar-refractivity contribution in [1.82, 2.24) is 9.88 Å². The Kier molecular flexibility index (Phi) is 6.12. The number of rotatable bonds is 6. The highest BCUT2D eigenvalue weighted by Crippen LogP contribution is 2.27. The van der Waals surface area contributed by atoms with E-state index >= 15 is 0 Å². The first kappa shape index (κ1) is 19.5. The molecule has 2 aromatic carbocycles. The number of carbonyl (C=O) groups is 2. The molecule has 3 aromatic rings. The van der Waals surface area contributed by atoms with E-state index in [-0.39, 0.29) is 12.5 Å². The van der Waals surface area contributed by atoms with Gasteiger partial charge in [-0.05, 0) is 23.8 Å². The number of oxazole rings is 1. The lowest BCUT2D eigenvalue weighted by Crippen LogP contribution is -2.42. The van der Waals surface area contributed by atoms with E-state index in [0.717, 1.165) is 16.7 Å². The summed E-state index contributed by atoms with van der Waals surface area (Å²) in [6.07, 6.45) is 0. The Morgan fingerprint density at radius 1 is 1.07 bits per heavy atom. The Morgan fingerprint density at radius 3 is 2.66 bits per heavy atom. The first-order valence-corrected chi connectivity index (χ1v) is 10.3. The fourth-order valence-corrected chi connectivity index (χ4v) is 3.85. The highest BCUT2D eigenvalue weighted by molar-refractivity contribution is 7.98. The highest BCUT2D eigenvalue weighted by Gasteiger charge is 2.20. The van der Waals surface area contributed by atoms with Crippen LogP contribution in [0, 0.1) is 0 Å². The molecule has 4 rings (SSSR count). The molecule has 150 valence electrons. The summed E-state index contributed by atoms with van der Waals surface area (Å²) in [6.45, 7) is 1.79. The summed E-state index contributed by atoms with van der Waals surface area (Å²) in [7, 11) is 0. The molecule has 8 heteroatoms. The van der Waals surface area contributed by atoms with Crippen LogP contribution in [-0.2, 0) is 20.0 Å². The third kappa shape index (κ3) is 4.78. The van der Waals surface area contributed by atoms with E-state index in [0.29, 0.717) is 42.8 Å². The number of fused-ring (bicyclic) bond motifs is 1. The Morgan fingerprint density at radius 2 is 1.83 bits per heavy atom. The van der Waals surface area contributed by atoms with Crippen molar-refractivity contribution >= 4 is 34.7 Å². The van der Waals surface area contributed by atoms with E-state index < -0.39 is 5.97 Å². The number of aromatic nitrogens is 1. The molecule has 1 fully saturated rings. The average Bonchev–Trinajstić information content (AvgIpc) is 3.19. The van der Waals surface area contributed by atoms with E-state index in [4.69, 9.17) is 13.9 Å². The number of carbonyl (C=O) groups excluding carboxylic acids is 2. The Labute approximate surface area is 172 Å². The van der Waals surface area contributed by atoms with Gasteiger partial charge in [-0.15, -0.1) is 0 Å². The minimum absolute atomic E-state index is 0.208. The smallest absolute Gasteiger partial charge is 0.338 e. The fraction of sp³-hybridized carbons (Fsp3) is 0.286. The van der Waals surface area contributed by atoms with Crippen molar-refractivity contribution < 1.29 is 23.5 Å². The second-order valence-corrected chi connectivity index (χ2v) is 7.39. The second-order valence-electron chi connectivity index (χ2n) is 6.46. The highest BCUT2D eigenvalue weighted by atomic mass is 32.2. The molecule has 1 amide bonds. The summed E-state index contributed by atoms with van der Waals surface area (Å²) in [6, 6.07) is 14.7. The van der Waals surface area contributed by atoms with Crippen molar-refractivity contribution in [2.75, 3.05) is 32.9 Å². The average molecular weight is 412 g/mol. The summed E-state index contributed by atoms with van der Waals surface area (Å²) >= 11 is 1.40. The molecule has 0 unspecified atom stereocenters. The van der Waals surface area contributed by atoms with Crippen LogP contribution in [0.4, 0.5) is 0 Å². The monoisotopic (exact) mass is 412 g/mol. The molecule has 0 atom stereocenters. The number of morpholine rings is 1. The van der Waals surface area contributed by atoms with Crippen molar-refractivity contribution in [1.29, 1.82) is 0 Å². The third-order valence-corrected chi connectivity index (χ3v) is 5.43. The van der Waals surface area contributed by atoms with Gasteiger partial charge >= 0.3 is 5.97 Å². The first-order valence-electron chi connectivity index (χ1n) is 9.29. The van der Waals surface area contributed by atoms with E-state index in [9.17, 15) is 9.59 Å². The van der Waals surface area contributed by atoms with Crippen molar-refractivity contribution in [2.24, 2.45) is 0 Å². The zero-order valence-electron chi connectivity index (χ0n) is 15.7. The molecule has 0 spiro atoms. The van der Waals surface area contributed by atoms with Crippen LogP contribution in [0.3, 0.4) is 0 Å². The number of esters is 1. The molecule has 0 radical (unpaired) electrons. The van der Waals surface area contributed by atoms with Crippen molar-refractivity contribution in [3.8, 4) is 0 Å². The number of nitrogens with zero attached hydrogens (tertiary/aromatic N) is 2. The summed E-state index contributed by atoms with van der Waals surface area (Å²) in [5, 5.41) is 0.539. The zero-order valence-corrected chi connectivity index (χ0v) is 16.5. The minimum Gasteiger partial charge on any atom is -0.452 e. The van der Waals surface area contributed by atoms with E-state index in [2.05, 4.69) is 4.98 Å². The number of thioether (sulfide) groups is 1. The maximum absolute atomic E-state index is 12.5. The molecule has 29 heavy (non-hydrogen) atoms. The molecule has 0 saturated carbocycles. The van der Waals surface area contributed by atoms with Gasteiger partial charge in [0.2, 0.25) is 0 Å². The molecule has 1 aliphatic heterocycles. The van der Waals surface area contributed by atoms with Gasteiger partial charge in [0.15, 0.2) is 12.2 Å². The number of ether oxygens (including phenoxy) is 2. The summed E-state index contributed by atoms with van der Waals surface area (Å²) < 4.78 is 16.2. The van der Waals surface area contributed by atoms with E-state index in [1.807, 2.05) is 36.4 Å². The third-order valence-electron chi connectivity index (χ3n) is 4.55. The molecule has 1 aromatic heterocycles. The quantitative estimate of drug-likeness (QED) is 0.454. The Hall–Kier alpha value is -2.84. The van der Waals surface area contributed by atoms with Crippen LogP contribution >= 0.6 is 11.8 Å². The van der Waals surface area contributed by atoms with Gasteiger partial charge < -0.3 is 18.8 Å². The van der Waals surface area contributed by atoms with Gasteiger partial charge in [0, 0.05) is 18.8 Å². The number of hydrogen-bond donors (Lipinski definition) is 0. The summed E-state index contributed by atoms with van der Waals surface area (Å²) in [5.41, 5.74) is 2.75. The van der Waals surface area contributed by atoms with Crippen LogP contribution < -0.4 is 0 Å². The molecular formula is C21H20N2O5S. The fourth-order valence-electron chi connectivity index (χ4n) is 3.01. The van der Waals surface area contributed by atoms with Crippen molar-refractivity contribution in [3.63, 3.8) is 0 Å². The lowest BCUT2D eigenvalue weighted by atomic mass is 10.1. The SMILES string of the molecule is O=C(OCC(=O)N1CCOCC1)c1ccccc1CSc1nc2ccccc2o1. The van der Waals surface area contributed by atoms with Gasteiger partial charge in [-0.3, -0.25) is 4.79 Å². The van der Waals surface area contributed by atoms with Gasteiger partial charge in [0.05, 0.1) is 18.8 Å². The molecule has 0 bridgehead atoms. The van der Waals surface area contributed by atoms with Crippen LogP contribution in [0.1, 0.15) is 15.9 Å². The van der Waals surface area contributed by atoms with Gasteiger partial charge in [-0.1, -0.05) is 42.1 Å². The molecule has 0 aliphatic carbocycles. The standard InChI is InChI=1S/C21H20N2O5S/c24-19(23-9-11-26-12-10-23)13-27-20(25)16-6-2-1-5-15(16)14-29-21-22-17-7-3-4-8-18(17)28-21/h1-8H,9-14H2. The van der Waals surface area contributed by atoms with E-state index in [1.54, 1.807) is 17.0 Å². The van der Waals surface area contributed by atoms with Crippen LogP contribution in [0.2, 0.25) is 0 Å². The lowest BCUT2D eigenvalue weighted by Gasteiger charge is -2.26. The predicted octanol–water partition coefficient (Wildman–Crippen LogP) is 3.14. The number of amides is 1. The van der Waals surface area contributed by atoms with Crippen molar-refractivity contribution in [3.05, 3.63) is 59.7 Å². The van der Waals surface area contributed by atoms with E-state index in [1.165, 1.54) is 11.8 Å². The first-order chi connectivity index (χ1) is 14.2. The molecule has 1 aliphatic rings. The minimum atomic E-state index is -0.514. The Balaban J connectivity index is 1.38. The Bertz CT molecular complexity index is 980. The van der Waals surface area contributed by atoms with Crippen molar-refractivity contribution in [2.45, 2.75) is 11.0 Å². The van der Waals surface area contributed by atoms with Crippen LogP contribution in [0.25, 0.3) is 11.1 Å². The summed E-state index contributed by atoms with van der Waals surface area (Å²) in [4.78, 5) is 30.8. The van der Waals surface area contributed by atoms with Crippen LogP contribution in [-0.4, -0.2) is 54.7 Å². The number of para-hydroxylation sites is 2. The number of benzene rings is 2. The van der Waals surface area contributed by atoms with Gasteiger partial charge in [0.1, 0.15) is 5.52 Å². The largest absolute Gasteiger partial charge is 0.452 e. The lowest BCUT2D eigenvalue weighted by molar-refractivity contribution is -0.138. The van der Waals surface area contributed by atoms with Crippen LogP contribution in [0.5, 0.6) is 0 Å². The van der Waals surface area contributed by atoms with Gasteiger partial charge in [-0.2, -0.15) is 0 Å².